The molecule has 0 atom stereocenters. The number of imide groups is 1. The third kappa shape index (κ3) is 1.94. The minimum Gasteiger partial charge on any atom is -0.478 e. The topological polar surface area (TPSA) is 86.7 Å². The lowest BCUT2D eigenvalue weighted by molar-refractivity contribution is -0.115. The van der Waals surface area contributed by atoms with Crippen molar-refractivity contribution < 1.29 is 19.5 Å². The summed E-state index contributed by atoms with van der Waals surface area (Å²) >= 11 is 5.69. The molecule has 0 bridgehead atoms. The fourth-order valence-corrected chi connectivity index (χ4v) is 1.70. The molecule has 1 saturated heterocycles. The number of halogens is 1. The average Bonchev–Trinajstić information content (AvgIpc) is 2.59. The van der Waals surface area contributed by atoms with Crippen LogP contribution in [0.3, 0.4) is 0 Å². The zero-order chi connectivity index (χ0) is 12.6. The highest BCUT2D eigenvalue weighted by Crippen LogP contribution is 2.24. The summed E-state index contributed by atoms with van der Waals surface area (Å²) in [7, 11) is 0. The Morgan fingerprint density at radius 3 is 2.65 bits per heavy atom. The first-order valence-electron chi connectivity index (χ1n) is 4.64. The minimum absolute atomic E-state index is 0.0494. The maximum absolute atomic E-state index is 11.4. The molecule has 2 rings (SSSR count). The molecule has 0 aliphatic carbocycles. The number of carboxylic acids is 1. The normalized spacial score (nSPS) is 15.0. The molecule has 1 aromatic carbocycles. The Hall–Kier alpha value is -2.08. The number of rotatable bonds is 2. The summed E-state index contributed by atoms with van der Waals surface area (Å²) in [6.07, 6.45) is 0. The Kier molecular flexibility index (Phi) is 2.72. The summed E-state index contributed by atoms with van der Waals surface area (Å²) < 4.78 is 0. The van der Waals surface area contributed by atoms with Crippen molar-refractivity contribution in [3.8, 4) is 0 Å². The fraction of sp³-hybridized carbons (Fsp3) is 0.100. The van der Waals surface area contributed by atoms with Gasteiger partial charge in [-0.2, -0.15) is 0 Å². The van der Waals surface area contributed by atoms with Gasteiger partial charge in [-0.1, -0.05) is 11.6 Å². The van der Waals surface area contributed by atoms with Gasteiger partial charge in [0.05, 0.1) is 22.8 Å². The number of carbonyl (C=O) groups is 3. The van der Waals surface area contributed by atoms with Crippen LogP contribution in [0.2, 0.25) is 5.02 Å². The maximum atomic E-state index is 11.4. The van der Waals surface area contributed by atoms with Crippen molar-refractivity contribution in [2.75, 3.05) is 11.4 Å². The van der Waals surface area contributed by atoms with E-state index in [0.29, 0.717) is 0 Å². The Morgan fingerprint density at radius 2 is 2.12 bits per heavy atom. The van der Waals surface area contributed by atoms with Gasteiger partial charge in [0.25, 0.3) is 5.91 Å². The number of amides is 3. The standard InChI is InChI=1S/C10H7ClN2O4/c11-7-2-1-5(3-6(7)9(15)16)13-8(14)4-12-10(13)17/h1-3H,4H2,(H,12,17)(H,15,16). The van der Waals surface area contributed by atoms with Crippen LogP contribution < -0.4 is 10.2 Å². The highest BCUT2D eigenvalue weighted by atomic mass is 35.5. The van der Waals surface area contributed by atoms with E-state index in [1.165, 1.54) is 18.2 Å². The van der Waals surface area contributed by atoms with E-state index >= 15 is 0 Å². The maximum Gasteiger partial charge on any atom is 0.337 e. The number of anilines is 1. The van der Waals surface area contributed by atoms with Gasteiger partial charge in [0.15, 0.2) is 0 Å². The summed E-state index contributed by atoms with van der Waals surface area (Å²) in [6, 6.07) is 3.36. The number of hydrogen-bond donors (Lipinski definition) is 2. The molecular formula is C10H7ClN2O4. The number of nitrogens with zero attached hydrogens (tertiary/aromatic N) is 1. The quantitative estimate of drug-likeness (QED) is 0.774. The van der Waals surface area contributed by atoms with Crippen LogP contribution in [-0.2, 0) is 4.79 Å². The second-order valence-electron chi connectivity index (χ2n) is 3.36. The SMILES string of the molecule is O=C(O)c1cc(N2C(=O)CNC2=O)ccc1Cl. The summed E-state index contributed by atoms with van der Waals surface area (Å²) in [6.45, 7) is -0.0934. The third-order valence-electron chi connectivity index (χ3n) is 2.28. The molecule has 88 valence electrons. The van der Waals surface area contributed by atoms with Gasteiger partial charge in [0.2, 0.25) is 0 Å². The van der Waals surface area contributed by atoms with E-state index in [2.05, 4.69) is 5.32 Å². The van der Waals surface area contributed by atoms with Crippen LogP contribution in [0.15, 0.2) is 18.2 Å². The van der Waals surface area contributed by atoms with Crippen molar-refractivity contribution in [1.82, 2.24) is 5.32 Å². The van der Waals surface area contributed by atoms with E-state index in [4.69, 9.17) is 16.7 Å². The largest absolute Gasteiger partial charge is 0.478 e. The van der Waals surface area contributed by atoms with E-state index < -0.39 is 17.9 Å². The number of benzene rings is 1. The summed E-state index contributed by atoms with van der Waals surface area (Å²) in [5, 5.41) is 11.3. The van der Waals surface area contributed by atoms with E-state index in [0.717, 1.165) is 4.90 Å². The van der Waals surface area contributed by atoms with Gasteiger partial charge < -0.3 is 10.4 Å². The van der Waals surface area contributed by atoms with Crippen molar-refractivity contribution in [2.24, 2.45) is 0 Å². The molecule has 1 heterocycles. The molecule has 6 nitrogen and oxygen atoms in total. The van der Waals surface area contributed by atoms with E-state index in [9.17, 15) is 14.4 Å². The molecule has 1 aliphatic heterocycles. The molecule has 7 heteroatoms. The second kappa shape index (κ2) is 4.06. The molecule has 1 fully saturated rings. The number of nitrogens with one attached hydrogen (secondary N) is 1. The number of hydrogen-bond acceptors (Lipinski definition) is 3. The van der Waals surface area contributed by atoms with Crippen molar-refractivity contribution in [1.29, 1.82) is 0 Å². The van der Waals surface area contributed by atoms with Crippen molar-refractivity contribution in [3.05, 3.63) is 28.8 Å². The van der Waals surface area contributed by atoms with Crippen LogP contribution in [0, 0.1) is 0 Å². The average molecular weight is 255 g/mol. The number of carbonyl (C=O) groups excluding carboxylic acids is 2. The molecule has 0 saturated carbocycles. The van der Waals surface area contributed by atoms with Crippen LogP contribution in [-0.4, -0.2) is 29.6 Å². The number of aromatic carboxylic acids is 1. The lowest BCUT2D eigenvalue weighted by Crippen LogP contribution is -2.30. The Labute approximate surface area is 101 Å². The molecule has 1 aliphatic rings. The molecule has 2 N–H and O–H groups in total. The van der Waals surface area contributed by atoms with Crippen LogP contribution in [0.4, 0.5) is 10.5 Å². The van der Waals surface area contributed by atoms with Gasteiger partial charge in [-0.25, -0.2) is 14.5 Å². The van der Waals surface area contributed by atoms with Gasteiger partial charge in [-0.05, 0) is 18.2 Å². The zero-order valence-electron chi connectivity index (χ0n) is 8.44. The van der Waals surface area contributed by atoms with Crippen molar-refractivity contribution in [2.45, 2.75) is 0 Å². The second-order valence-corrected chi connectivity index (χ2v) is 3.76. The van der Waals surface area contributed by atoms with E-state index in [1.807, 2.05) is 0 Å². The van der Waals surface area contributed by atoms with Crippen LogP contribution in [0.1, 0.15) is 10.4 Å². The number of urea groups is 1. The smallest absolute Gasteiger partial charge is 0.337 e. The molecule has 0 unspecified atom stereocenters. The van der Waals surface area contributed by atoms with Crippen LogP contribution in [0.5, 0.6) is 0 Å². The lowest BCUT2D eigenvalue weighted by atomic mass is 10.2. The first-order valence-corrected chi connectivity index (χ1v) is 5.02. The Balaban J connectivity index is 2.46. The first-order chi connectivity index (χ1) is 8.00. The molecule has 0 radical (unpaired) electrons. The molecular weight excluding hydrogens is 248 g/mol. The fourth-order valence-electron chi connectivity index (χ4n) is 1.50. The van der Waals surface area contributed by atoms with Gasteiger partial charge in [-0.15, -0.1) is 0 Å². The van der Waals surface area contributed by atoms with Crippen molar-refractivity contribution in [3.63, 3.8) is 0 Å². The Morgan fingerprint density at radius 1 is 1.41 bits per heavy atom. The number of carboxylic acid groups (broad SMARTS) is 1. The summed E-state index contributed by atoms with van der Waals surface area (Å²) in [4.78, 5) is 34.5. The van der Waals surface area contributed by atoms with Gasteiger partial charge >= 0.3 is 12.0 Å². The lowest BCUT2D eigenvalue weighted by Gasteiger charge is -2.13. The van der Waals surface area contributed by atoms with Crippen LogP contribution in [0.25, 0.3) is 0 Å². The van der Waals surface area contributed by atoms with Gasteiger partial charge in [0, 0.05) is 0 Å². The highest BCUT2D eigenvalue weighted by molar-refractivity contribution is 6.33. The molecule has 1 aromatic rings. The third-order valence-corrected chi connectivity index (χ3v) is 2.61. The zero-order valence-corrected chi connectivity index (χ0v) is 9.19. The minimum atomic E-state index is -1.22. The molecule has 3 amide bonds. The predicted octanol–water partition coefficient (Wildman–Crippen LogP) is 1.09. The summed E-state index contributed by atoms with van der Waals surface area (Å²) in [5.74, 6) is -1.66. The molecule has 17 heavy (non-hydrogen) atoms. The molecule has 0 spiro atoms. The first kappa shape index (κ1) is 11.4. The monoisotopic (exact) mass is 254 g/mol. The van der Waals surface area contributed by atoms with E-state index in [1.54, 1.807) is 0 Å². The van der Waals surface area contributed by atoms with E-state index in [-0.39, 0.29) is 22.8 Å². The molecule has 0 aromatic heterocycles. The van der Waals surface area contributed by atoms with Gasteiger partial charge in [-0.3, -0.25) is 4.79 Å². The van der Waals surface area contributed by atoms with Crippen molar-refractivity contribution >= 4 is 35.2 Å². The Bertz CT molecular complexity index is 513. The summed E-state index contributed by atoms with van der Waals surface area (Å²) in [5.41, 5.74) is 0.0310. The van der Waals surface area contributed by atoms with Crippen LogP contribution >= 0.6 is 11.6 Å². The highest BCUT2D eigenvalue weighted by Gasteiger charge is 2.30. The predicted molar refractivity (Wildman–Crippen MR) is 59.3 cm³/mol. The van der Waals surface area contributed by atoms with Gasteiger partial charge in [0.1, 0.15) is 0 Å².